The Kier molecular flexibility index (Phi) is 3.98. The molecule has 1 amide bonds. The van der Waals surface area contributed by atoms with Gasteiger partial charge in [0.05, 0.1) is 6.42 Å². The molecule has 0 aliphatic rings. The summed E-state index contributed by atoms with van der Waals surface area (Å²) in [6.45, 7) is 0.581. The molecule has 0 aliphatic heterocycles. The summed E-state index contributed by atoms with van der Waals surface area (Å²) < 4.78 is 13.2. The number of aromatic amines is 2. The fraction of sp³-hybridized carbons (Fsp3) is 0.150. The lowest BCUT2D eigenvalue weighted by atomic mass is 10.1. The van der Waals surface area contributed by atoms with Gasteiger partial charge < -0.3 is 15.3 Å². The lowest BCUT2D eigenvalue weighted by Crippen LogP contribution is -2.27. The molecule has 0 aliphatic carbocycles. The molecule has 0 fully saturated rings. The number of hydrogen-bond donors (Lipinski definition) is 3. The van der Waals surface area contributed by atoms with Crippen LogP contribution in [0.5, 0.6) is 0 Å². The van der Waals surface area contributed by atoms with E-state index in [1.165, 1.54) is 23.1 Å². The van der Waals surface area contributed by atoms with Crippen molar-refractivity contribution in [2.75, 3.05) is 6.54 Å². The summed E-state index contributed by atoms with van der Waals surface area (Å²) >= 11 is 0. The molecule has 5 heteroatoms. The number of nitrogens with one attached hydrogen (secondary N) is 3. The number of carbonyl (C=O) groups excluding carboxylic acids is 1. The van der Waals surface area contributed by atoms with E-state index in [0.29, 0.717) is 12.1 Å². The second kappa shape index (κ2) is 6.43. The quantitative estimate of drug-likeness (QED) is 0.512. The molecule has 4 nitrogen and oxygen atoms in total. The Morgan fingerprint density at radius 3 is 2.64 bits per heavy atom. The third-order valence-corrected chi connectivity index (χ3v) is 4.47. The number of halogens is 1. The van der Waals surface area contributed by atoms with Crippen LogP contribution in [0.15, 0.2) is 54.9 Å². The fourth-order valence-corrected chi connectivity index (χ4v) is 3.22. The van der Waals surface area contributed by atoms with Crippen molar-refractivity contribution in [3.63, 3.8) is 0 Å². The predicted molar refractivity (Wildman–Crippen MR) is 97.0 cm³/mol. The largest absolute Gasteiger partial charge is 0.361 e. The molecule has 2 aromatic heterocycles. The van der Waals surface area contributed by atoms with Gasteiger partial charge in [0, 0.05) is 40.7 Å². The van der Waals surface area contributed by atoms with Gasteiger partial charge in [-0.1, -0.05) is 18.2 Å². The normalized spacial score (nSPS) is 11.2. The summed E-state index contributed by atoms with van der Waals surface area (Å²) in [6.07, 6.45) is 4.81. The highest BCUT2D eigenvalue weighted by Gasteiger charge is 2.10. The van der Waals surface area contributed by atoms with Crippen LogP contribution in [-0.4, -0.2) is 22.4 Å². The molecule has 2 heterocycles. The Morgan fingerprint density at radius 1 is 0.960 bits per heavy atom. The van der Waals surface area contributed by atoms with E-state index in [1.807, 2.05) is 24.4 Å². The van der Waals surface area contributed by atoms with Gasteiger partial charge in [0.15, 0.2) is 0 Å². The van der Waals surface area contributed by atoms with Crippen LogP contribution in [0.2, 0.25) is 0 Å². The number of aromatic nitrogens is 2. The maximum Gasteiger partial charge on any atom is 0.224 e. The molecule has 0 spiro atoms. The average Bonchev–Trinajstić information content (AvgIpc) is 3.19. The van der Waals surface area contributed by atoms with Gasteiger partial charge in [-0.3, -0.25) is 4.79 Å². The highest BCUT2D eigenvalue weighted by atomic mass is 19.1. The van der Waals surface area contributed by atoms with Crippen LogP contribution in [-0.2, 0) is 17.6 Å². The van der Waals surface area contributed by atoms with Crippen molar-refractivity contribution in [2.45, 2.75) is 12.8 Å². The summed E-state index contributed by atoms with van der Waals surface area (Å²) in [5.41, 5.74) is 3.88. The van der Waals surface area contributed by atoms with Crippen LogP contribution in [0.25, 0.3) is 21.8 Å². The highest BCUT2D eigenvalue weighted by Crippen LogP contribution is 2.20. The zero-order chi connectivity index (χ0) is 17.2. The van der Waals surface area contributed by atoms with E-state index in [9.17, 15) is 9.18 Å². The van der Waals surface area contributed by atoms with Crippen LogP contribution in [0.3, 0.4) is 0 Å². The Balaban J connectivity index is 1.37. The van der Waals surface area contributed by atoms with Gasteiger partial charge in [0.2, 0.25) is 5.91 Å². The number of H-pyrrole nitrogens is 2. The number of hydrogen-bond acceptors (Lipinski definition) is 1. The summed E-state index contributed by atoms with van der Waals surface area (Å²) in [5.74, 6) is -0.325. The molecule has 4 rings (SSSR count). The lowest BCUT2D eigenvalue weighted by molar-refractivity contribution is -0.120. The van der Waals surface area contributed by atoms with Crippen molar-refractivity contribution in [3.8, 4) is 0 Å². The third-order valence-electron chi connectivity index (χ3n) is 4.47. The average molecular weight is 335 g/mol. The molecule has 25 heavy (non-hydrogen) atoms. The van der Waals surface area contributed by atoms with Gasteiger partial charge in [-0.15, -0.1) is 0 Å². The lowest BCUT2D eigenvalue weighted by Gasteiger charge is -2.04. The zero-order valence-electron chi connectivity index (χ0n) is 13.6. The topological polar surface area (TPSA) is 60.7 Å². The van der Waals surface area contributed by atoms with Crippen LogP contribution in [0, 0.1) is 5.82 Å². The molecular formula is C20H18FN3O. The molecule has 0 unspecified atom stereocenters. The first-order valence-electron chi connectivity index (χ1n) is 8.28. The van der Waals surface area contributed by atoms with Crippen molar-refractivity contribution in [2.24, 2.45) is 0 Å². The smallest absolute Gasteiger partial charge is 0.224 e. The van der Waals surface area contributed by atoms with Gasteiger partial charge in [0.25, 0.3) is 0 Å². The van der Waals surface area contributed by atoms with E-state index in [-0.39, 0.29) is 18.1 Å². The molecule has 3 N–H and O–H groups in total. The zero-order valence-corrected chi connectivity index (χ0v) is 13.6. The van der Waals surface area contributed by atoms with E-state index < -0.39 is 0 Å². The van der Waals surface area contributed by atoms with Crippen LogP contribution in [0.4, 0.5) is 4.39 Å². The number of benzene rings is 2. The Labute approximate surface area is 144 Å². The maximum absolute atomic E-state index is 13.2. The van der Waals surface area contributed by atoms with Gasteiger partial charge in [-0.2, -0.15) is 0 Å². The molecule has 0 atom stereocenters. The van der Waals surface area contributed by atoms with Crippen molar-refractivity contribution >= 4 is 27.7 Å². The van der Waals surface area contributed by atoms with E-state index in [2.05, 4.69) is 21.4 Å². The van der Waals surface area contributed by atoms with Gasteiger partial charge in [-0.05, 0) is 41.8 Å². The predicted octanol–water partition coefficient (Wildman–Crippen LogP) is 3.69. The number of amides is 1. The SMILES string of the molecule is O=C(Cc1c[nH]c2cc(F)ccc12)NCCc1c[nH]c2ccccc12. The summed E-state index contributed by atoms with van der Waals surface area (Å²) in [7, 11) is 0. The molecular weight excluding hydrogens is 317 g/mol. The molecule has 0 saturated carbocycles. The molecule has 0 saturated heterocycles. The van der Waals surface area contributed by atoms with Crippen molar-refractivity contribution < 1.29 is 9.18 Å². The Bertz CT molecular complexity index is 1050. The van der Waals surface area contributed by atoms with Crippen molar-refractivity contribution in [3.05, 3.63) is 71.8 Å². The first kappa shape index (κ1) is 15.4. The molecule has 126 valence electrons. The molecule has 0 radical (unpaired) electrons. The van der Waals surface area contributed by atoms with Crippen LogP contribution in [0.1, 0.15) is 11.1 Å². The number of carbonyl (C=O) groups is 1. The summed E-state index contributed by atoms with van der Waals surface area (Å²) in [4.78, 5) is 18.5. The summed E-state index contributed by atoms with van der Waals surface area (Å²) in [6, 6.07) is 12.7. The van der Waals surface area contributed by atoms with Gasteiger partial charge >= 0.3 is 0 Å². The van der Waals surface area contributed by atoms with Crippen LogP contribution >= 0.6 is 0 Å². The van der Waals surface area contributed by atoms with Crippen molar-refractivity contribution in [1.82, 2.24) is 15.3 Å². The van der Waals surface area contributed by atoms with Crippen molar-refractivity contribution in [1.29, 1.82) is 0 Å². The maximum atomic E-state index is 13.2. The number of fused-ring (bicyclic) bond motifs is 2. The Hall–Kier alpha value is -3.08. The standard InChI is InChI=1S/C20H18FN3O/c21-15-5-6-17-14(12-24-19(17)10-15)9-20(25)22-8-7-13-11-23-18-4-2-1-3-16(13)18/h1-6,10-12,23-24H,7-9H2,(H,22,25). The number of rotatable bonds is 5. The monoisotopic (exact) mass is 335 g/mol. The first-order chi connectivity index (χ1) is 12.2. The van der Waals surface area contributed by atoms with Gasteiger partial charge in [-0.25, -0.2) is 4.39 Å². The molecule has 2 aromatic carbocycles. The number of para-hydroxylation sites is 1. The Morgan fingerprint density at radius 2 is 1.72 bits per heavy atom. The fourth-order valence-electron chi connectivity index (χ4n) is 3.22. The minimum absolute atomic E-state index is 0.0370. The minimum atomic E-state index is -0.288. The third kappa shape index (κ3) is 3.13. The second-order valence-corrected chi connectivity index (χ2v) is 6.14. The summed E-state index contributed by atoms with van der Waals surface area (Å²) in [5, 5.41) is 5.03. The minimum Gasteiger partial charge on any atom is -0.361 e. The molecule has 4 aromatic rings. The second-order valence-electron chi connectivity index (χ2n) is 6.14. The molecule has 0 bridgehead atoms. The van der Waals surface area contributed by atoms with Crippen LogP contribution < -0.4 is 5.32 Å². The van der Waals surface area contributed by atoms with E-state index >= 15 is 0 Å². The van der Waals surface area contributed by atoms with E-state index in [4.69, 9.17) is 0 Å². The highest BCUT2D eigenvalue weighted by molar-refractivity contribution is 5.89. The first-order valence-corrected chi connectivity index (χ1v) is 8.28. The van der Waals surface area contributed by atoms with E-state index in [1.54, 1.807) is 12.3 Å². The van der Waals surface area contributed by atoms with Gasteiger partial charge in [0.1, 0.15) is 5.82 Å². The van der Waals surface area contributed by atoms with E-state index in [0.717, 1.165) is 22.9 Å².